The minimum absolute atomic E-state index is 0.271. The molecule has 0 aromatic carbocycles. The summed E-state index contributed by atoms with van der Waals surface area (Å²) in [7, 11) is 0. The highest BCUT2D eigenvalue weighted by atomic mass is 16.4. The van der Waals surface area contributed by atoms with Crippen molar-refractivity contribution in [3.63, 3.8) is 0 Å². The first-order valence-corrected chi connectivity index (χ1v) is 3.36. The first-order valence-electron chi connectivity index (χ1n) is 3.36. The lowest BCUT2D eigenvalue weighted by atomic mass is 10.3. The molecule has 4 heteroatoms. The molecule has 0 bridgehead atoms. The molecular weight excluding hydrogens is 130 g/mol. The molecule has 0 saturated heterocycles. The van der Waals surface area contributed by atoms with E-state index in [0.29, 0.717) is 12.5 Å². The number of rotatable bonds is 4. The number of hydrogen-bond donors (Lipinski definition) is 3. The number of hydrogen-bond acceptors (Lipinski definition) is 3. The van der Waals surface area contributed by atoms with Crippen molar-refractivity contribution in [1.29, 1.82) is 0 Å². The first-order chi connectivity index (χ1) is 4.66. The van der Waals surface area contributed by atoms with Crippen LogP contribution in [-0.2, 0) is 0 Å². The zero-order valence-corrected chi connectivity index (χ0v) is 6.46. The van der Waals surface area contributed by atoms with Gasteiger partial charge in [-0.2, -0.15) is 0 Å². The van der Waals surface area contributed by atoms with E-state index >= 15 is 0 Å². The average molecular weight is 145 g/mol. The van der Waals surface area contributed by atoms with Crippen molar-refractivity contribution in [2.45, 2.75) is 26.3 Å². The van der Waals surface area contributed by atoms with Crippen LogP contribution in [0.4, 0.5) is 0 Å². The van der Waals surface area contributed by atoms with Gasteiger partial charge >= 0.3 is 0 Å². The van der Waals surface area contributed by atoms with E-state index < -0.39 is 0 Å². The molecule has 0 aliphatic heterocycles. The van der Waals surface area contributed by atoms with E-state index in [1.807, 2.05) is 13.8 Å². The van der Waals surface area contributed by atoms with Crippen LogP contribution in [0.2, 0.25) is 0 Å². The molecule has 0 fully saturated rings. The zero-order valence-electron chi connectivity index (χ0n) is 6.46. The summed E-state index contributed by atoms with van der Waals surface area (Å²) in [6.07, 6.45) is 0.592. The van der Waals surface area contributed by atoms with Crippen LogP contribution in [0.3, 0.4) is 0 Å². The second-order valence-corrected chi connectivity index (χ2v) is 2.45. The highest BCUT2D eigenvalue weighted by Gasteiger charge is 1.93. The summed E-state index contributed by atoms with van der Waals surface area (Å²) in [5.74, 6) is 0.271. The second-order valence-electron chi connectivity index (χ2n) is 2.45. The van der Waals surface area contributed by atoms with E-state index in [1.165, 1.54) is 0 Å². The van der Waals surface area contributed by atoms with Gasteiger partial charge in [0.2, 0.25) is 0 Å². The predicted molar refractivity (Wildman–Crippen MR) is 41.2 cm³/mol. The number of nitrogens with one attached hydrogen (secondary N) is 1. The van der Waals surface area contributed by atoms with Gasteiger partial charge < -0.3 is 16.3 Å². The van der Waals surface area contributed by atoms with Gasteiger partial charge in [-0.15, -0.1) is 0 Å². The van der Waals surface area contributed by atoms with Crippen molar-refractivity contribution in [2.24, 2.45) is 10.9 Å². The Labute approximate surface area is 61.1 Å². The fraction of sp³-hybridized carbons (Fsp3) is 0.833. The normalized spacial score (nSPS) is 12.5. The van der Waals surface area contributed by atoms with E-state index in [1.54, 1.807) is 0 Å². The van der Waals surface area contributed by atoms with Crippen molar-refractivity contribution in [1.82, 2.24) is 5.32 Å². The number of amidine groups is 1. The predicted octanol–water partition coefficient (Wildman–Crippen LogP) is 0.121. The van der Waals surface area contributed by atoms with Crippen LogP contribution >= 0.6 is 0 Å². The quantitative estimate of drug-likeness (QED) is 0.228. The zero-order chi connectivity index (χ0) is 7.98. The fourth-order valence-corrected chi connectivity index (χ4v) is 0.539. The summed E-state index contributed by atoms with van der Waals surface area (Å²) in [5, 5.41) is 14.1. The molecule has 0 rings (SSSR count). The average Bonchev–Trinajstić information content (AvgIpc) is 1.87. The molecule has 0 aromatic heterocycles. The molecule has 4 nitrogen and oxygen atoms in total. The lowest BCUT2D eigenvalue weighted by Gasteiger charge is -2.05. The Bertz CT molecular complexity index is 112. The topological polar surface area (TPSA) is 70.6 Å². The Kier molecular flexibility index (Phi) is 4.66. The van der Waals surface area contributed by atoms with Crippen molar-refractivity contribution < 1.29 is 5.21 Å². The van der Waals surface area contributed by atoms with Gasteiger partial charge in [0.05, 0.1) is 0 Å². The second kappa shape index (κ2) is 5.05. The smallest absolute Gasteiger partial charge is 0.140 e. The highest BCUT2D eigenvalue weighted by molar-refractivity contribution is 5.79. The Morgan fingerprint density at radius 1 is 1.70 bits per heavy atom. The van der Waals surface area contributed by atoms with Gasteiger partial charge in [-0.1, -0.05) is 19.0 Å². The standard InChI is InChI=1S/C6H15N3O/c1-5(2)8-4-3-6(7)9-10/h5,8,10H,3-4H2,1-2H3,(H2,7,9). The van der Waals surface area contributed by atoms with Gasteiger partial charge in [0.1, 0.15) is 5.84 Å². The van der Waals surface area contributed by atoms with Gasteiger partial charge in [-0.3, -0.25) is 0 Å². The number of nitrogens with two attached hydrogens (primary N) is 1. The van der Waals surface area contributed by atoms with E-state index in [9.17, 15) is 0 Å². The van der Waals surface area contributed by atoms with Crippen molar-refractivity contribution >= 4 is 5.84 Å². The molecule has 0 aliphatic rings. The molecular formula is C6H15N3O. The summed E-state index contributed by atoms with van der Waals surface area (Å²) in [4.78, 5) is 0. The third-order valence-electron chi connectivity index (χ3n) is 1.06. The third kappa shape index (κ3) is 5.37. The molecule has 0 radical (unpaired) electrons. The lowest BCUT2D eigenvalue weighted by molar-refractivity contribution is 0.316. The third-order valence-corrected chi connectivity index (χ3v) is 1.06. The van der Waals surface area contributed by atoms with Crippen LogP contribution in [0.5, 0.6) is 0 Å². The van der Waals surface area contributed by atoms with Gasteiger partial charge in [-0.25, -0.2) is 0 Å². The van der Waals surface area contributed by atoms with Crippen molar-refractivity contribution in [2.75, 3.05) is 6.54 Å². The van der Waals surface area contributed by atoms with Crippen molar-refractivity contribution in [3.05, 3.63) is 0 Å². The van der Waals surface area contributed by atoms with Crippen LogP contribution < -0.4 is 11.1 Å². The van der Waals surface area contributed by atoms with Gasteiger partial charge in [0, 0.05) is 19.0 Å². The number of oxime groups is 1. The molecule has 60 valence electrons. The monoisotopic (exact) mass is 145 g/mol. The van der Waals surface area contributed by atoms with Crippen molar-refractivity contribution in [3.8, 4) is 0 Å². The summed E-state index contributed by atoms with van der Waals surface area (Å²) >= 11 is 0. The Morgan fingerprint density at radius 3 is 2.70 bits per heavy atom. The Morgan fingerprint density at radius 2 is 2.30 bits per heavy atom. The largest absolute Gasteiger partial charge is 0.409 e. The van der Waals surface area contributed by atoms with Crippen LogP contribution in [0.1, 0.15) is 20.3 Å². The van der Waals surface area contributed by atoms with Crippen LogP contribution in [0.25, 0.3) is 0 Å². The Balaban J connectivity index is 3.20. The molecule has 0 spiro atoms. The SMILES string of the molecule is CC(C)NCCC(N)=NO. The number of nitrogens with zero attached hydrogens (tertiary/aromatic N) is 1. The van der Waals surface area contributed by atoms with Crippen LogP contribution in [0.15, 0.2) is 5.16 Å². The minimum atomic E-state index is 0.271. The van der Waals surface area contributed by atoms with E-state index in [-0.39, 0.29) is 5.84 Å². The maximum atomic E-state index is 8.14. The first kappa shape index (κ1) is 9.23. The molecule has 0 atom stereocenters. The van der Waals surface area contributed by atoms with E-state index in [0.717, 1.165) is 6.54 Å². The molecule has 10 heavy (non-hydrogen) atoms. The van der Waals surface area contributed by atoms with E-state index in [4.69, 9.17) is 10.9 Å². The molecule has 0 saturated carbocycles. The molecule has 0 aliphatic carbocycles. The summed E-state index contributed by atoms with van der Waals surface area (Å²) in [6, 6.07) is 0.450. The molecule has 0 heterocycles. The molecule has 0 unspecified atom stereocenters. The summed E-state index contributed by atoms with van der Waals surface area (Å²) in [5.41, 5.74) is 5.22. The maximum Gasteiger partial charge on any atom is 0.140 e. The minimum Gasteiger partial charge on any atom is -0.409 e. The van der Waals surface area contributed by atoms with Gasteiger partial charge in [0.15, 0.2) is 0 Å². The fourth-order valence-electron chi connectivity index (χ4n) is 0.539. The summed E-state index contributed by atoms with van der Waals surface area (Å²) in [6.45, 7) is 4.85. The summed E-state index contributed by atoms with van der Waals surface area (Å²) < 4.78 is 0. The van der Waals surface area contributed by atoms with Gasteiger partial charge in [-0.05, 0) is 0 Å². The molecule has 0 amide bonds. The molecule has 4 N–H and O–H groups in total. The van der Waals surface area contributed by atoms with Crippen LogP contribution in [-0.4, -0.2) is 23.6 Å². The molecule has 0 aromatic rings. The Hall–Kier alpha value is -0.770. The van der Waals surface area contributed by atoms with E-state index in [2.05, 4.69) is 10.5 Å². The maximum absolute atomic E-state index is 8.14. The highest BCUT2D eigenvalue weighted by Crippen LogP contribution is 1.79. The lowest BCUT2D eigenvalue weighted by Crippen LogP contribution is -2.27. The van der Waals surface area contributed by atoms with Crippen LogP contribution in [0, 0.1) is 0 Å². The van der Waals surface area contributed by atoms with Gasteiger partial charge in [0.25, 0.3) is 0 Å².